The lowest BCUT2D eigenvalue weighted by Gasteiger charge is -2.06. The Labute approximate surface area is 113 Å². The monoisotopic (exact) mass is 259 g/mol. The van der Waals surface area contributed by atoms with Crippen molar-refractivity contribution in [3.63, 3.8) is 0 Å². The number of rotatable bonds is 6. The Hall–Kier alpha value is -1.84. The van der Waals surface area contributed by atoms with Gasteiger partial charge in [0, 0.05) is 25.9 Å². The van der Waals surface area contributed by atoms with Crippen LogP contribution in [0.2, 0.25) is 0 Å². The predicted octanol–water partition coefficient (Wildman–Crippen LogP) is 2.52. The summed E-state index contributed by atoms with van der Waals surface area (Å²) in [4.78, 5) is 15.8. The van der Waals surface area contributed by atoms with Gasteiger partial charge in [-0.2, -0.15) is 0 Å². The molecule has 0 unspecified atom stereocenters. The molecule has 0 aliphatic heterocycles. The molecular formula is C15H21N3O. The fourth-order valence-corrected chi connectivity index (χ4v) is 2.27. The number of imidazole rings is 1. The van der Waals surface area contributed by atoms with E-state index in [-0.39, 0.29) is 5.91 Å². The molecule has 2 aromatic rings. The van der Waals surface area contributed by atoms with Crippen molar-refractivity contribution in [3.05, 3.63) is 30.1 Å². The van der Waals surface area contributed by atoms with Gasteiger partial charge in [0.15, 0.2) is 0 Å². The maximum Gasteiger partial charge on any atom is 0.219 e. The fourth-order valence-electron chi connectivity index (χ4n) is 2.27. The average Bonchev–Trinajstić information content (AvgIpc) is 2.80. The molecule has 0 saturated heterocycles. The number of nitrogens with zero attached hydrogens (tertiary/aromatic N) is 2. The third-order valence-electron chi connectivity index (χ3n) is 3.27. The highest BCUT2D eigenvalue weighted by molar-refractivity contribution is 5.76. The molecule has 1 aromatic heterocycles. The molecule has 1 aromatic carbocycles. The van der Waals surface area contributed by atoms with Crippen LogP contribution in [0.25, 0.3) is 11.0 Å². The van der Waals surface area contributed by atoms with Crippen molar-refractivity contribution in [1.82, 2.24) is 14.9 Å². The second kappa shape index (κ2) is 6.36. The van der Waals surface area contributed by atoms with Gasteiger partial charge in [-0.15, -0.1) is 0 Å². The summed E-state index contributed by atoms with van der Waals surface area (Å²) in [6, 6.07) is 8.21. The Balaban J connectivity index is 2.02. The van der Waals surface area contributed by atoms with E-state index in [9.17, 15) is 4.79 Å². The number of hydrogen-bond donors (Lipinski definition) is 1. The highest BCUT2D eigenvalue weighted by Crippen LogP contribution is 2.16. The van der Waals surface area contributed by atoms with Gasteiger partial charge in [-0.05, 0) is 25.5 Å². The first-order valence-corrected chi connectivity index (χ1v) is 6.97. The second-order valence-corrected chi connectivity index (χ2v) is 4.57. The zero-order chi connectivity index (χ0) is 13.7. The molecule has 0 saturated carbocycles. The first-order chi connectivity index (χ1) is 9.26. The number of hydrogen-bond acceptors (Lipinski definition) is 2. The Morgan fingerprint density at radius 2 is 2.11 bits per heavy atom. The van der Waals surface area contributed by atoms with E-state index in [2.05, 4.69) is 27.9 Å². The van der Waals surface area contributed by atoms with E-state index in [0.717, 1.165) is 37.3 Å². The lowest BCUT2D eigenvalue weighted by atomic mass is 10.3. The van der Waals surface area contributed by atoms with E-state index in [4.69, 9.17) is 0 Å². The summed E-state index contributed by atoms with van der Waals surface area (Å²) in [5.74, 6) is 1.22. The minimum absolute atomic E-state index is 0.115. The molecule has 1 N–H and O–H groups in total. The Kier molecular flexibility index (Phi) is 4.55. The number of para-hydroxylation sites is 2. The van der Waals surface area contributed by atoms with Crippen molar-refractivity contribution < 1.29 is 4.79 Å². The zero-order valence-electron chi connectivity index (χ0n) is 11.6. The minimum atomic E-state index is 0.115. The van der Waals surface area contributed by atoms with Crippen LogP contribution in [0.3, 0.4) is 0 Å². The lowest BCUT2D eigenvalue weighted by Crippen LogP contribution is -2.23. The third-order valence-corrected chi connectivity index (χ3v) is 3.27. The maximum atomic E-state index is 11.2. The number of carbonyl (C=O) groups excluding carboxylic acids is 1. The number of amides is 1. The highest BCUT2D eigenvalue weighted by Gasteiger charge is 2.08. The van der Waals surface area contributed by atoms with Gasteiger partial charge in [-0.3, -0.25) is 4.79 Å². The van der Waals surface area contributed by atoms with E-state index in [1.807, 2.05) is 25.1 Å². The van der Waals surface area contributed by atoms with Crippen molar-refractivity contribution in [1.29, 1.82) is 0 Å². The van der Waals surface area contributed by atoms with Crippen molar-refractivity contribution in [2.24, 2.45) is 0 Å². The largest absolute Gasteiger partial charge is 0.356 e. The van der Waals surface area contributed by atoms with Crippen molar-refractivity contribution in [2.75, 3.05) is 6.54 Å². The molecule has 1 heterocycles. The van der Waals surface area contributed by atoms with E-state index >= 15 is 0 Å². The number of nitrogens with one attached hydrogen (secondary N) is 1. The standard InChI is InChI=1S/C15H21N3O/c1-3-15(19)16-11-7-10-14-17-12-8-5-6-9-13(12)18(14)4-2/h5-6,8-9H,3-4,7,10-11H2,1-2H3,(H,16,19). The molecule has 4 heteroatoms. The van der Waals surface area contributed by atoms with Gasteiger partial charge in [0.25, 0.3) is 0 Å². The molecule has 0 aliphatic carbocycles. The van der Waals surface area contributed by atoms with Crippen molar-refractivity contribution >= 4 is 16.9 Å². The molecule has 0 fully saturated rings. The Bertz CT molecular complexity index is 560. The summed E-state index contributed by atoms with van der Waals surface area (Å²) in [5.41, 5.74) is 2.24. The van der Waals surface area contributed by atoms with Crippen LogP contribution in [0.4, 0.5) is 0 Å². The van der Waals surface area contributed by atoms with E-state index in [0.29, 0.717) is 6.42 Å². The second-order valence-electron chi connectivity index (χ2n) is 4.57. The molecule has 4 nitrogen and oxygen atoms in total. The molecule has 0 spiro atoms. The van der Waals surface area contributed by atoms with Crippen LogP contribution in [0.1, 0.15) is 32.5 Å². The van der Waals surface area contributed by atoms with Crippen LogP contribution in [0.5, 0.6) is 0 Å². The van der Waals surface area contributed by atoms with Gasteiger partial charge in [0.2, 0.25) is 5.91 Å². The zero-order valence-corrected chi connectivity index (χ0v) is 11.6. The predicted molar refractivity (Wildman–Crippen MR) is 77.0 cm³/mol. The molecule has 2 rings (SSSR count). The average molecular weight is 259 g/mol. The highest BCUT2D eigenvalue weighted by atomic mass is 16.1. The fraction of sp³-hybridized carbons (Fsp3) is 0.467. The van der Waals surface area contributed by atoms with Crippen LogP contribution in [-0.4, -0.2) is 22.0 Å². The summed E-state index contributed by atoms with van der Waals surface area (Å²) in [6.07, 6.45) is 2.37. The lowest BCUT2D eigenvalue weighted by molar-refractivity contribution is -0.120. The first kappa shape index (κ1) is 13.6. The van der Waals surface area contributed by atoms with E-state index in [1.54, 1.807) is 0 Å². The SMILES string of the molecule is CCC(=O)NCCCc1nc2ccccc2n1CC. The van der Waals surface area contributed by atoms with Crippen molar-refractivity contribution in [2.45, 2.75) is 39.7 Å². The maximum absolute atomic E-state index is 11.2. The third kappa shape index (κ3) is 3.13. The van der Waals surface area contributed by atoms with Crippen LogP contribution < -0.4 is 5.32 Å². The number of benzene rings is 1. The molecule has 19 heavy (non-hydrogen) atoms. The number of carbonyl (C=O) groups is 1. The number of fused-ring (bicyclic) bond motifs is 1. The van der Waals surface area contributed by atoms with Gasteiger partial charge in [0.05, 0.1) is 11.0 Å². The van der Waals surface area contributed by atoms with Gasteiger partial charge in [-0.25, -0.2) is 4.98 Å². The number of aromatic nitrogens is 2. The molecular weight excluding hydrogens is 238 g/mol. The molecule has 1 amide bonds. The molecule has 102 valence electrons. The van der Waals surface area contributed by atoms with Gasteiger partial charge in [0.1, 0.15) is 5.82 Å². The molecule has 0 aliphatic rings. The topological polar surface area (TPSA) is 46.9 Å². The van der Waals surface area contributed by atoms with E-state index in [1.165, 1.54) is 5.52 Å². The van der Waals surface area contributed by atoms with Gasteiger partial charge < -0.3 is 9.88 Å². The Morgan fingerprint density at radius 1 is 1.32 bits per heavy atom. The Morgan fingerprint density at radius 3 is 2.84 bits per heavy atom. The number of aryl methyl sites for hydroxylation is 2. The summed E-state index contributed by atoms with van der Waals surface area (Å²) >= 11 is 0. The van der Waals surface area contributed by atoms with Gasteiger partial charge in [-0.1, -0.05) is 19.1 Å². The van der Waals surface area contributed by atoms with E-state index < -0.39 is 0 Å². The smallest absolute Gasteiger partial charge is 0.219 e. The molecule has 0 atom stereocenters. The first-order valence-electron chi connectivity index (χ1n) is 6.97. The van der Waals surface area contributed by atoms with Crippen molar-refractivity contribution in [3.8, 4) is 0 Å². The van der Waals surface area contributed by atoms with Gasteiger partial charge >= 0.3 is 0 Å². The molecule has 0 radical (unpaired) electrons. The van der Waals surface area contributed by atoms with Crippen LogP contribution in [-0.2, 0) is 17.8 Å². The normalized spacial score (nSPS) is 10.8. The molecule has 0 bridgehead atoms. The summed E-state index contributed by atoms with van der Waals surface area (Å²) in [7, 11) is 0. The summed E-state index contributed by atoms with van der Waals surface area (Å²) < 4.78 is 2.25. The van der Waals surface area contributed by atoms with Crippen LogP contribution in [0, 0.1) is 0 Å². The van der Waals surface area contributed by atoms with Crippen LogP contribution >= 0.6 is 0 Å². The quantitative estimate of drug-likeness (QED) is 0.810. The van der Waals surface area contributed by atoms with Crippen LogP contribution in [0.15, 0.2) is 24.3 Å². The minimum Gasteiger partial charge on any atom is -0.356 e. The summed E-state index contributed by atoms with van der Waals surface area (Å²) in [6.45, 7) is 5.65. The summed E-state index contributed by atoms with van der Waals surface area (Å²) in [5, 5.41) is 2.90.